The van der Waals surface area contributed by atoms with Gasteiger partial charge in [-0.2, -0.15) is 5.10 Å². The standard InChI is InChI=1S/C17H25N5O/c1-11(2)16-10-21(4)5-6-22(16)17(23)19-13-7-12(3)14-9-18-20-15(14)8-13/h7-9,11,16H,5-6,10H2,1-4H3,(H,18,20)(H,19,23). The number of nitrogens with one attached hydrogen (secondary N) is 2. The number of likely N-dealkylation sites (N-methyl/N-ethyl adjacent to an activating group) is 1. The first-order chi connectivity index (χ1) is 11.0. The summed E-state index contributed by atoms with van der Waals surface area (Å²) in [7, 11) is 2.11. The van der Waals surface area contributed by atoms with Gasteiger partial charge in [0.15, 0.2) is 0 Å². The number of piperazine rings is 1. The number of fused-ring (bicyclic) bond motifs is 1. The van der Waals surface area contributed by atoms with E-state index < -0.39 is 0 Å². The van der Waals surface area contributed by atoms with Gasteiger partial charge >= 0.3 is 6.03 Å². The van der Waals surface area contributed by atoms with E-state index in [4.69, 9.17) is 0 Å². The number of H-pyrrole nitrogens is 1. The normalized spacial score (nSPS) is 19.5. The lowest BCUT2D eigenvalue weighted by Crippen LogP contribution is -2.57. The van der Waals surface area contributed by atoms with Crippen LogP contribution < -0.4 is 5.32 Å². The molecule has 2 aromatic rings. The zero-order valence-corrected chi connectivity index (χ0v) is 14.3. The van der Waals surface area contributed by atoms with Crippen LogP contribution in [0, 0.1) is 12.8 Å². The van der Waals surface area contributed by atoms with E-state index in [0.717, 1.165) is 41.8 Å². The van der Waals surface area contributed by atoms with E-state index in [-0.39, 0.29) is 12.1 Å². The molecule has 0 radical (unpaired) electrons. The van der Waals surface area contributed by atoms with Crippen molar-refractivity contribution < 1.29 is 4.79 Å². The highest BCUT2D eigenvalue weighted by atomic mass is 16.2. The Labute approximate surface area is 136 Å². The number of anilines is 1. The Hall–Kier alpha value is -2.08. The second kappa shape index (κ2) is 6.20. The van der Waals surface area contributed by atoms with E-state index in [1.807, 2.05) is 30.2 Å². The average molecular weight is 315 g/mol. The molecule has 1 aliphatic heterocycles. The average Bonchev–Trinajstić information content (AvgIpc) is 2.95. The summed E-state index contributed by atoms with van der Waals surface area (Å²) in [5, 5.41) is 11.2. The van der Waals surface area contributed by atoms with Gasteiger partial charge in [0, 0.05) is 36.7 Å². The predicted molar refractivity (Wildman–Crippen MR) is 92.7 cm³/mol. The highest BCUT2D eigenvalue weighted by molar-refractivity contribution is 5.93. The Morgan fingerprint density at radius 3 is 2.91 bits per heavy atom. The van der Waals surface area contributed by atoms with Crippen LogP contribution in [0.15, 0.2) is 18.3 Å². The number of aryl methyl sites for hydroxylation is 1. The molecule has 1 saturated heterocycles. The van der Waals surface area contributed by atoms with Gasteiger partial charge in [0.2, 0.25) is 0 Å². The molecule has 1 atom stereocenters. The molecule has 6 nitrogen and oxygen atoms in total. The van der Waals surface area contributed by atoms with Crippen LogP contribution in [0.2, 0.25) is 0 Å². The summed E-state index contributed by atoms with van der Waals surface area (Å²) in [6.07, 6.45) is 1.81. The number of carbonyl (C=O) groups is 1. The minimum absolute atomic E-state index is 0.0185. The predicted octanol–water partition coefficient (Wildman–Crippen LogP) is 2.68. The fourth-order valence-electron chi connectivity index (χ4n) is 3.27. The van der Waals surface area contributed by atoms with Crippen LogP contribution in [0.5, 0.6) is 0 Å². The number of hydrogen-bond donors (Lipinski definition) is 2. The van der Waals surface area contributed by atoms with E-state index in [9.17, 15) is 4.79 Å². The molecule has 1 aliphatic rings. The molecule has 6 heteroatoms. The lowest BCUT2D eigenvalue weighted by Gasteiger charge is -2.42. The first-order valence-corrected chi connectivity index (χ1v) is 8.15. The number of aromatic nitrogens is 2. The van der Waals surface area contributed by atoms with E-state index >= 15 is 0 Å². The van der Waals surface area contributed by atoms with Crippen LogP contribution in [0.1, 0.15) is 19.4 Å². The van der Waals surface area contributed by atoms with Crippen LogP contribution in [0.25, 0.3) is 10.9 Å². The van der Waals surface area contributed by atoms with Crippen molar-refractivity contribution in [1.82, 2.24) is 20.0 Å². The Morgan fingerprint density at radius 2 is 2.17 bits per heavy atom. The maximum atomic E-state index is 12.7. The van der Waals surface area contributed by atoms with Crippen LogP contribution in [0.4, 0.5) is 10.5 Å². The van der Waals surface area contributed by atoms with Gasteiger partial charge in [-0.05, 0) is 37.6 Å². The molecular weight excluding hydrogens is 290 g/mol. The maximum absolute atomic E-state index is 12.7. The van der Waals surface area contributed by atoms with Crippen LogP contribution in [-0.2, 0) is 0 Å². The molecule has 124 valence electrons. The summed E-state index contributed by atoms with van der Waals surface area (Å²) in [5.74, 6) is 0.431. The van der Waals surface area contributed by atoms with Gasteiger partial charge in [-0.3, -0.25) is 5.10 Å². The third-order valence-corrected chi connectivity index (χ3v) is 4.67. The van der Waals surface area contributed by atoms with Crippen LogP contribution in [-0.4, -0.2) is 58.8 Å². The van der Waals surface area contributed by atoms with Gasteiger partial charge in [-0.15, -0.1) is 0 Å². The zero-order chi connectivity index (χ0) is 16.6. The molecule has 2 amide bonds. The number of carbonyl (C=O) groups excluding carboxylic acids is 1. The number of nitrogens with zero attached hydrogens (tertiary/aromatic N) is 3. The molecule has 2 N–H and O–H groups in total. The number of benzene rings is 1. The topological polar surface area (TPSA) is 64.3 Å². The molecular formula is C17H25N5O. The summed E-state index contributed by atoms with van der Waals surface area (Å²) in [6.45, 7) is 8.96. The number of urea groups is 1. The molecule has 0 saturated carbocycles. The first kappa shape index (κ1) is 15.8. The minimum Gasteiger partial charge on any atom is -0.319 e. The number of hydrogen-bond acceptors (Lipinski definition) is 3. The van der Waals surface area contributed by atoms with Crippen molar-refractivity contribution in [2.24, 2.45) is 5.92 Å². The maximum Gasteiger partial charge on any atom is 0.322 e. The quantitative estimate of drug-likeness (QED) is 0.895. The molecule has 1 aromatic heterocycles. The highest BCUT2D eigenvalue weighted by Gasteiger charge is 2.31. The van der Waals surface area contributed by atoms with E-state index in [1.165, 1.54) is 0 Å². The van der Waals surface area contributed by atoms with Gasteiger partial charge in [0.1, 0.15) is 0 Å². The van der Waals surface area contributed by atoms with Gasteiger partial charge < -0.3 is 15.1 Å². The van der Waals surface area contributed by atoms with Crippen molar-refractivity contribution in [1.29, 1.82) is 0 Å². The monoisotopic (exact) mass is 315 g/mol. The Bertz CT molecular complexity index is 708. The number of aromatic amines is 1. The van der Waals surface area contributed by atoms with E-state index in [1.54, 1.807) is 0 Å². The first-order valence-electron chi connectivity index (χ1n) is 8.15. The Morgan fingerprint density at radius 1 is 1.39 bits per heavy atom. The van der Waals surface area contributed by atoms with Crippen LogP contribution >= 0.6 is 0 Å². The SMILES string of the molecule is Cc1cc(NC(=O)N2CCN(C)CC2C(C)C)cc2[nH]ncc12. The van der Waals surface area contributed by atoms with Crippen molar-refractivity contribution in [3.05, 3.63) is 23.9 Å². The smallest absolute Gasteiger partial charge is 0.319 e. The Balaban J connectivity index is 1.79. The minimum atomic E-state index is -0.0185. The third-order valence-electron chi connectivity index (χ3n) is 4.67. The molecule has 0 bridgehead atoms. The zero-order valence-electron chi connectivity index (χ0n) is 14.3. The summed E-state index contributed by atoms with van der Waals surface area (Å²) >= 11 is 0. The second-order valence-electron chi connectivity index (χ2n) is 6.82. The van der Waals surface area contributed by atoms with Gasteiger partial charge in [0.05, 0.1) is 11.7 Å². The van der Waals surface area contributed by atoms with Gasteiger partial charge in [-0.25, -0.2) is 4.79 Å². The second-order valence-corrected chi connectivity index (χ2v) is 6.82. The van der Waals surface area contributed by atoms with Crippen molar-refractivity contribution in [2.45, 2.75) is 26.8 Å². The number of rotatable bonds is 2. The van der Waals surface area contributed by atoms with Crippen LogP contribution in [0.3, 0.4) is 0 Å². The van der Waals surface area contributed by atoms with Crippen molar-refractivity contribution in [2.75, 3.05) is 32.0 Å². The summed E-state index contributed by atoms with van der Waals surface area (Å²) in [5.41, 5.74) is 2.86. The van der Waals surface area contributed by atoms with Crippen molar-refractivity contribution in [3.63, 3.8) is 0 Å². The molecule has 1 fully saturated rings. The van der Waals surface area contributed by atoms with E-state index in [0.29, 0.717) is 5.92 Å². The summed E-state index contributed by atoms with van der Waals surface area (Å²) < 4.78 is 0. The van der Waals surface area contributed by atoms with Crippen molar-refractivity contribution >= 4 is 22.6 Å². The molecule has 1 unspecified atom stereocenters. The lowest BCUT2D eigenvalue weighted by atomic mass is 10.0. The van der Waals surface area contributed by atoms with E-state index in [2.05, 4.69) is 41.3 Å². The fraction of sp³-hybridized carbons (Fsp3) is 0.529. The highest BCUT2D eigenvalue weighted by Crippen LogP contribution is 2.23. The molecule has 2 heterocycles. The number of amides is 2. The third kappa shape index (κ3) is 3.17. The Kier molecular flexibility index (Phi) is 4.26. The fourth-order valence-corrected chi connectivity index (χ4v) is 3.27. The molecule has 3 rings (SSSR count). The molecule has 23 heavy (non-hydrogen) atoms. The largest absolute Gasteiger partial charge is 0.322 e. The van der Waals surface area contributed by atoms with Gasteiger partial charge in [-0.1, -0.05) is 13.8 Å². The summed E-state index contributed by atoms with van der Waals surface area (Å²) in [6, 6.07) is 4.16. The molecule has 0 aliphatic carbocycles. The lowest BCUT2D eigenvalue weighted by molar-refractivity contribution is 0.0922. The van der Waals surface area contributed by atoms with Gasteiger partial charge in [0.25, 0.3) is 0 Å². The van der Waals surface area contributed by atoms with Crippen molar-refractivity contribution in [3.8, 4) is 0 Å². The summed E-state index contributed by atoms with van der Waals surface area (Å²) in [4.78, 5) is 17.0. The molecule has 1 aromatic carbocycles. The molecule has 0 spiro atoms.